The van der Waals surface area contributed by atoms with Crippen molar-refractivity contribution < 1.29 is 14.6 Å². The summed E-state index contributed by atoms with van der Waals surface area (Å²) >= 11 is 0. The van der Waals surface area contributed by atoms with Gasteiger partial charge in [-0.05, 0) is 38.8 Å². The third kappa shape index (κ3) is 1.29. The Bertz CT molecular complexity index is 423. The lowest BCUT2D eigenvalue weighted by molar-refractivity contribution is -0.162. The summed E-state index contributed by atoms with van der Waals surface area (Å²) in [6.07, 6.45) is 8.38. The molecule has 1 saturated heterocycles. The van der Waals surface area contributed by atoms with Crippen molar-refractivity contribution in [1.29, 1.82) is 0 Å². The van der Waals surface area contributed by atoms with Crippen molar-refractivity contribution in [3.05, 3.63) is 11.6 Å². The van der Waals surface area contributed by atoms with E-state index in [2.05, 4.69) is 5.92 Å². The van der Waals surface area contributed by atoms with E-state index in [9.17, 15) is 5.11 Å². The van der Waals surface area contributed by atoms with Gasteiger partial charge in [0.1, 0.15) is 5.60 Å². The van der Waals surface area contributed by atoms with Crippen LogP contribution in [0.15, 0.2) is 11.6 Å². The van der Waals surface area contributed by atoms with Gasteiger partial charge in [0.25, 0.3) is 0 Å². The van der Waals surface area contributed by atoms with E-state index in [1.54, 1.807) is 0 Å². The predicted octanol–water partition coefficient (Wildman–Crippen LogP) is 1.47. The molecule has 17 heavy (non-hydrogen) atoms. The second kappa shape index (κ2) is 3.14. The molecule has 0 aromatic carbocycles. The summed E-state index contributed by atoms with van der Waals surface area (Å²) in [5.74, 6) is 2.16. The second-order valence-corrected chi connectivity index (χ2v) is 5.55. The zero-order valence-electron chi connectivity index (χ0n) is 10.4. The molecule has 1 spiro atoms. The van der Waals surface area contributed by atoms with Crippen molar-refractivity contribution in [3.63, 3.8) is 0 Å². The molecule has 2 fully saturated rings. The zero-order chi connectivity index (χ0) is 12.4. The molecular formula is C14H18O3. The first-order valence-corrected chi connectivity index (χ1v) is 6.18. The highest BCUT2D eigenvalue weighted by Crippen LogP contribution is 2.61. The van der Waals surface area contributed by atoms with Gasteiger partial charge in [0.05, 0.1) is 12.2 Å². The maximum Gasteiger partial charge on any atom is 0.192 e. The van der Waals surface area contributed by atoms with E-state index in [4.69, 9.17) is 15.9 Å². The van der Waals surface area contributed by atoms with Gasteiger partial charge < -0.3 is 14.6 Å². The highest BCUT2D eigenvalue weighted by atomic mass is 16.8. The van der Waals surface area contributed by atoms with Gasteiger partial charge in [0.2, 0.25) is 0 Å². The fourth-order valence-electron chi connectivity index (χ4n) is 3.18. The van der Waals surface area contributed by atoms with Gasteiger partial charge in [-0.3, -0.25) is 0 Å². The van der Waals surface area contributed by atoms with Gasteiger partial charge >= 0.3 is 0 Å². The van der Waals surface area contributed by atoms with Gasteiger partial charge in [-0.25, -0.2) is 0 Å². The molecule has 0 aromatic rings. The summed E-state index contributed by atoms with van der Waals surface area (Å²) in [7, 11) is 0. The van der Waals surface area contributed by atoms with Crippen LogP contribution in [0.2, 0.25) is 0 Å². The highest BCUT2D eigenvalue weighted by Gasteiger charge is 2.67. The van der Waals surface area contributed by atoms with Gasteiger partial charge in [-0.15, -0.1) is 6.42 Å². The normalized spacial score (nSPS) is 56.3. The lowest BCUT2D eigenvalue weighted by Gasteiger charge is -2.36. The van der Waals surface area contributed by atoms with Gasteiger partial charge in [-0.1, -0.05) is 5.92 Å². The predicted molar refractivity (Wildman–Crippen MR) is 63.0 cm³/mol. The summed E-state index contributed by atoms with van der Waals surface area (Å²) in [5.41, 5.74) is -0.322. The van der Waals surface area contributed by atoms with E-state index < -0.39 is 11.4 Å². The molecule has 3 rings (SSSR count). The van der Waals surface area contributed by atoms with Crippen molar-refractivity contribution in [2.75, 3.05) is 0 Å². The number of fused-ring (bicyclic) bond motifs is 2. The molecule has 0 amide bonds. The molecule has 3 nitrogen and oxygen atoms in total. The van der Waals surface area contributed by atoms with E-state index in [0.29, 0.717) is 0 Å². The smallest absolute Gasteiger partial charge is 0.192 e. The van der Waals surface area contributed by atoms with E-state index in [-0.39, 0.29) is 24.0 Å². The van der Waals surface area contributed by atoms with Crippen LogP contribution in [0.3, 0.4) is 0 Å². The monoisotopic (exact) mass is 234 g/mol. The first-order valence-electron chi connectivity index (χ1n) is 6.18. The van der Waals surface area contributed by atoms with Crippen LogP contribution in [-0.2, 0) is 9.47 Å². The molecule has 5 atom stereocenters. The average molecular weight is 234 g/mol. The third-order valence-corrected chi connectivity index (χ3v) is 4.48. The standard InChI is InChI=1S/C14H18O3/c1-5-13(15)8(2)7-14(12-6-11(12)13)16-9(3)10(4)17-14/h1,7,9-12,15H,6H2,2-4H3. The minimum atomic E-state index is -1.10. The molecule has 1 saturated carbocycles. The van der Waals surface area contributed by atoms with Crippen LogP contribution in [0.5, 0.6) is 0 Å². The average Bonchev–Trinajstić information content (AvgIpc) is 3.02. The van der Waals surface area contributed by atoms with Crippen molar-refractivity contribution in [2.24, 2.45) is 11.8 Å². The quantitative estimate of drug-likeness (QED) is 0.509. The molecule has 0 bridgehead atoms. The molecular weight excluding hydrogens is 216 g/mol. The minimum absolute atomic E-state index is 0.0787. The fourth-order valence-corrected chi connectivity index (χ4v) is 3.18. The summed E-state index contributed by atoms with van der Waals surface area (Å²) < 4.78 is 12.0. The van der Waals surface area contributed by atoms with E-state index in [1.165, 1.54) is 0 Å². The number of hydrogen-bond donors (Lipinski definition) is 1. The third-order valence-electron chi connectivity index (χ3n) is 4.48. The summed E-state index contributed by atoms with van der Waals surface area (Å²) in [6.45, 7) is 5.89. The summed E-state index contributed by atoms with van der Waals surface area (Å²) in [6, 6.07) is 0. The summed E-state index contributed by atoms with van der Waals surface area (Å²) in [5, 5.41) is 10.4. The van der Waals surface area contributed by atoms with Crippen molar-refractivity contribution in [3.8, 4) is 12.3 Å². The number of terminal acetylenes is 1. The van der Waals surface area contributed by atoms with Crippen molar-refractivity contribution in [1.82, 2.24) is 0 Å². The maximum absolute atomic E-state index is 10.4. The minimum Gasteiger partial charge on any atom is -0.373 e. The molecule has 5 unspecified atom stereocenters. The second-order valence-electron chi connectivity index (χ2n) is 5.55. The SMILES string of the molecule is C#CC1(O)C(C)=CC2(OC(C)C(C)O2)C2CC21. The van der Waals surface area contributed by atoms with Crippen LogP contribution in [0.1, 0.15) is 27.2 Å². The Morgan fingerprint density at radius 3 is 2.47 bits per heavy atom. The van der Waals surface area contributed by atoms with Crippen LogP contribution >= 0.6 is 0 Å². The van der Waals surface area contributed by atoms with Gasteiger partial charge in [0, 0.05) is 11.8 Å². The van der Waals surface area contributed by atoms with E-state index >= 15 is 0 Å². The fraction of sp³-hybridized carbons (Fsp3) is 0.714. The lowest BCUT2D eigenvalue weighted by atomic mass is 9.82. The first kappa shape index (κ1) is 11.3. The number of rotatable bonds is 0. The van der Waals surface area contributed by atoms with Crippen LogP contribution in [0, 0.1) is 24.2 Å². The van der Waals surface area contributed by atoms with Gasteiger partial charge in [-0.2, -0.15) is 0 Å². The van der Waals surface area contributed by atoms with Crippen LogP contribution in [-0.4, -0.2) is 28.7 Å². The van der Waals surface area contributed by atoms with Crippen molar-refractivity contribution in [2.45, 2.75) is 50.8 Å². The largest absolute Gasteiger partial charge is 0.373 e. The van der Waals surface area contributed by atoms with Gasteiger partial charge in [0.15, 0.2) is 5.79 Å². The Labute approximate surface area is 102 Å². The Morgan fingerprint density at radius 1 is 1.35 bits per heavy atom. The Morgan fingerprint density at radius 2 is 1.94 bits per heavy atom. The van der Waals surface area contributed by atoms with E-state index in [1.807, 2.05) is 26.8 Å². The highest BCUT2D eigenvalue weighted by molar-refractivity contribution is 5.40. The maximum atomic E-state index is 10.4. The number of ether oxygens (including phenoxy) is 2. The Kier molecular flexibility index (Phi) is 2.08. The molecule has 3 aliphatic rings. The lowest BCUT2D eigenvalue weighted by Crippen LogP contribution is -2.44. The Hall–Kier alpha value is -0.820. The van der Waals surface area contributed by atoms with E-state index in [0.717, 1.165) is 12.0 Å². The molecule has 0 radical (unpaired) electrons. The Balaban J connectivity index is 2.00. The molecule has 3 heteroatoms. The molecule has 92 valence electrons. The first-order chi connectivity index (χ1) is 7.93. The molecule has 0 aromatic heterocycles. The molecule has 1 aliphatic heterocycles. The molecule has 1 N–H and O–H groups in total. The summed E-state index contributed by atoms with van der Waals surface area (Å²) in [4.78, 5) is 0. The number of hydrogen-bond acceptors (Lipinski definition) is 3. The number of aliphatic hydroxyl groups is 1. The van der Waals surface area contributed by atoms with Crippen LogP contribution in [0.4, 0.5) is 0 Å². The van der Waals surface area contributed by atoms with Crippen LogP contribution < -0.4 is 0 Å². The molecule has 1 heterocycles. The molecule has 2 aliphatic carbocycles. The van der Waals surface area contributed by atoms with Crippen LogP contribution in [0.25, 0.3) is 0 Å². The van der Waals surface area contributed by atoms with Crippen molar-refractivity contribution >= 4 is 0 Å². The topological polar surface area (TPSA) is 38.7 Å². The zero-order valence-corrected chi connectivity index (χ0v) is 10.4.